The zero-order valence-electron chi connectivity index (χ0n) is 18.4. The minimum absolute atomic E-state index is 0.192. The van der Waals surface area contributed by atoms with Gasteiger partial charge in [0.15, 0.2) is 11.4 Å². The van der Waals surface area contributed by atoms with Crippen LogP contribution in [0.3, 0.4) is 0 Å². The fourth-order valence-electron chi connectivity index (χ4n) is 3.54. The molecule has 0 aliphatic heterocycles. The Morgan fingerprint density at radius 2 is 1.79 bits per heavy atom. The van der Waals surface area contributed by atoms with Crippen LogP contribution in [-0.2, 0) is 7.05 Å². The Bertz CT molecular complexity index is 1590. The van der Waals surface area contributed by atoms with Crippen molar-refractivity contribution < 1.29 is 4.42 Å². The number of aromatic nitrogens is 3. The maximum atomic E-state index is 13.4. The van der Waals surface area contributed by atoms with E-state index in [1.807, 2.05) is 90.8 Å². The summed E-state index contributed by atoms with van der Waals surface area (Å²) in [7, 11) is 1.85. The lowest BCUT2D eigenvalue weighted by molar-refractivity contribution is 0.575. The summed E-state index contributed by atoms with van der Waals surface area (Å²) in [5.41, 5.74) is 3.39. The molecule has 0 amide bonds. The molecule has 3 aromatic heterocycles. The number of hydrogen-bond donors (Lipinski definition) is 0. The average molecular weight is 534 g/mol. The first-order chi connectivity index (χ1) is 16.5. The lowest BCUT2D eigenvalue weighted by Gasteiger charge is -2.07. The van der Waals surface area contributed by atoms with E-state index in [0.29, 0.717) is 16.2 Å². The highest BCUT2D eigenvalue weighted by Crippen LogP contribution is 2.22. The predicted octanol–water partition coefficient (Wildman–Crippen LogP) is 5.48. The molecular formula is C25H20BrN5O2S. The van der Waals surface area contributed by atoms with E-state index in [1.54, 1.807) is 21.8 Å². The van der Waals surface area contributed by atoms with Gasteiger partial charge in [-0.1, -0.05) is 46.3 Å². The number of hydrogen-bond acceptors (Lipinski definition) is 5. The molecule has 34 heavy (non-hydrogen) atoms. The first-order valence-electron chi connectivity index (χ1n) is 10.5. The third kappa shape index (κ3) is 4.15. The van der Waals surface area contributed by atoms with Gasteiger partial charge in [0.2, 0.25) is 4.80 Å². The van der Waals surface area contributed by atoms with E-state index in [0.717, 1.165) is 27.1 Å². The molecule has 0 spiro atoms. The third-order valence-corrected chi connectivity index (χ3v) is 6.73. The van der Waals surface area contributed by atoms with Crippen LogP contribution in [0.15, 0.2) is 102 Å². The Hall–Kier alpha value is -3.69. The molecular weight excluding hydrogens is 514 g/mol. The number of thiazole rings is 1. The van der Waals surface area contributed by atoms with Gasteiger partial charge in [-0.25, -0.2) is 14.4 Å². The zero-order valence-corrected chi connectivity index (χ0v) is 20.8. The number of para-hydroxylation sites is 1. The summed E-state index contributed by atoms with van der Waals surface area (Å²) in [6.07, 6.45) is 3.37. The number of halogens is 1. The van der Waals surface area contributed by atoms with Gasteiger partial charge < -0.3 is 4.42 Å². The van der Waals surface area contributed by atoms with Crippen LogP contribution in [0.1, 0.15) is 11.3 Å². The van der Waals surface area contributed by atoms with Crippen molar-refractivity contribution in [3.63, 3.8) is 0 Å². The lowest BCUT2D eigenvalue weighted by atomic mass is 10.2. The fourth-order valence-corrected chi connectivity index (χ4v) is 4.62. The van der Waals surface area contributed by atoms with Crippen LogP contribution in [0.5, 0.6) is 0 Å². The first-order valence-corrected chi connectivity index (χ1v) is 12.1. The molecule has 0 aliphatic carbocycles. The van der Waals surface area contributed by atoms with Gasteiger partial charge in [0.05, 0.1) is 23.9 Å². The molecule has 0 saturated heterocycles. The second kappa shape index (κ2) is 9.28. The summed E-state index contributed by atoms with van der Waals surface area (Å²) in [6, 6.07) is 21.1. The molecule has 0 aliphatic rings. The second-order valence-electron chi connectivity index (χ2n) is 7.51. The lowest BCUT2D eigenvalue weighted by Crippen LogP contribution is -2.19. The Kier molecular flexibility index (Phi) is 6.04. The maximum absolute atomic E-state index is 13.4. The molecule has 0 bridgehead atoms. The number of rotatable bonds is 5. The van der Waals surface area contributed by atoms with Gasteiger partial charge in [-0.2, -0.15) is 5.10 Å². The second-order valence-corrected chi connectivity index (χ2v) is 9.26. The summed E-state index contributed by atoms with van der Waals surface area (Å²) in [6.45, 7) is 1.89. The number of benzene rings is 2. The number of furan rings is 1. The van der Waals surface area contributed by atoms with Crippen molar-refractivity contribution in [1.29, 1.82) is 0 Å². The smallest absolute Gasteiger partial charge is 0.297 e. The Morgan fingerprint density at radius 3 is 2.50 bits per heavy atom. The van der Waals surface area contributed by atoms with Crippen molar-refractivity contribution in [2.45, 2.75) is 6.92 Å². The molecule has 7 nitrogen and oxygen atoms in total. The molecule has 3 heterocycles. The van der Waals surface area contributed by atoms with Crippen LogP contribution < -0.4 is 10.4 Å². The van der Waals surface area contributed by atoms with Crippen molar-refractivity contribution in [2.24, 2.45) is 17.1 Å². The van der Waals surface area contributed by atoms with Crippen molar-refractivity contribution in [3.8, 4) is 17.1 Å². The van der Waals surface area contributed by atoms with Gasteiger partial charge in [-0.15, -0.1) is 11.3 Å². The minimum Gasteiger partial charge on any atom is -0.463 e. The zero-order chi connectivity index (χ0) is 23.7. The molecule has 0 radical (unpaired) electrons. The Labute approximate surface area is 207 Å². The Morgan fingerprint density at radius 1 is 1.03 bits per heavy atom. The summed E-state index contributed by atoms with van der Waals surface area (Å²) in [5.74, 6) is 0.664. The quantitative estimate of drug-likeness (QED) is 0.280. The van der Waals surface area contributed by atoms with Crippen LogP contribution in [0.4, 0.5) is 5.69 Å². The van der Waals surface area contributed by atoms with E-state index in [1.165, 1.54) is 11.3 Å². The number of nitrogens with zero attached hydrogens (tertiary/aromatic N) is 5. The summed E-state index contributed by atoms with van der Waals surface area (Å²) < 4.78 is 11.7. The predicted molar refractivity (Wildman–Crippen MR) is 138 cm³/mol. The van der Waals surface area contributed by atoms with Gasteiger partial charge in [0, 0.05) is 16.9 Å². The molecule has 0 fully saturated rings. The molecule has 0 N–H and O–H groups in total. The third-order valence-electron chi connectivity index (χ3n) is 5.38. The van der Waals surface area contributed by atoms with Crippen molar-refractivity contribution in [3.05, 3.63) is 109 Å². The van der Waals surface area contributed by atoms with E-state index < -0.39 is 0 Å². The van der Waals surface area contributed by atoms with Crippen LogP contribution >= 0.6 is 27.3 Å². The molecule has 2 aromatic carbocycles. The topological polar surface area (TPSA) is 69.7 Å². The first kappa shape index (κ1) is 22.1. The molecule has 0 unspecified atom stereocenters. The summed E-state index contributed by atoms with van der Waals surface area (Å²) in [5, 5.41) is 6.60. The van der Waals surface area contributed by atoms with Crippen molar-refractivity contribution >= 4 is 39.2 Å². The molecule has 5 rings (SSSR count). The average Bonchev–Trinajstić information content (AvgIpc) is 3.56. The van der Waals surface area contributed by atoms with E-state index in [4.69, 9.17) is 9.41 Å². The van der Waals surface area contributed by atoms with E-state index in [-0.39, 0.29) is 5.56 Å². The Balaban J connectivity index is 1.67. The fraction of sp³-hybridized carbons (Fsp3) is 0.0800. The monoisotopic (exact) mass is 533 g/mol. The highest BCUT2D eigenvalue weighted by atomic mass is 79.9. The van der Waals surface area contributed by atoms with Crippen LogP contribution in [0.25, 0.3) is 17.1 Å². The summed E-state index contributed by atoms with van der Waals surface area (Å²) in [4.78, 5) is 18.7. The maximum Gasteiger partial charge on any atom is 0.297 e. The summed E-state index contributed by atoms with van der Waals surface area (Å²) >= 11 is 4.84. The molecule has 170 valence electrons. The largest absolute Gasteiger partial charge is 0.463 e. The minimum atomic E-state index is -0.192. The molecule has 9 heteroatoms. The van der Waals surface area contributed by atoms with Gasteiger partial charge in [-0.3, -0.25) is 9.48 Å². The molecule has 0 atom stereocenters. The van der Waals surface area contributed by atoms with Gasteiger partial charge in [-0.05, 0) is 48.9 Å². The van der Waals surface area contributed by atoms with Gasteiger partial charge in [0.1, 0.15) is 5.69 Å². The standard InChI is InChI=1S/C25H20BrN5O2S/c1-17-23(24(32)31(29(17)2)20-7-4-3-5-8-20)28-25-30(21(16-34-25)22-9-6-14-33-22)27-15-18-10-12-19(26)13-11-18/h3-16H,1-2H3. The molecule has 0 saturated carbocycles. The van der Waals surface area contributed by atoms with Crippen LogP contribution in [0.2, 0.25) is 0 Å². The highest BCUT2D eigenvalue weighted by Gasteiger charge is 2.17. The molecule has 5 aromatic rings. The van der Waals surface area contributed by atoms with E-state index in [9.17, 15) is 4.79 Å². The normalized spacial score (nSPS) is 12.1. The van der Waals surface area contributed by atoms with Crippen molar-refractivity contribution in [2.75, 3.05) is 0 Å². The highest BCUT2D eigenvalue weighted by molar-refractivity contribution is 9.10. The van der Waals surface area contributed by atoms with E-state index >= 15 is 0 Å². The van der Waals surface area contributed by atoms with Crippen molar-refractivity contribution in [1.82, 2.24) is 14.0 Å². The van der Waals surface area contributed by atoms with Gasteiger partial charge >= 0.3 is 0 Å². The van der Waals surface area contributed by atoms with E-state index in [2.05, 4.69) is 21.0 Å². The SMILES string of the molecule is Cc1c(N=c2scc(-c3ccco3)n2N=Cc2ccc(Br)cc2)c(=O)n(-c2ccccc2)n1C. The van der Waals surface area contributed by atoms with Crippen LogP contribution in [-0.4, -0.2) is 20.3 Å². The van der Waals surface area contributed by atoms with Gasteiger partial charge in [0.25, 0.3) is 5.56 Å². The van der Waals surface area contributed by atoms with Crippen LogP contribution in [0, 0.1) is 6.92 Å².